The number of ether oxygens (including phenoxy) is 1. The largest absolute Gasteiger partial charge is 0.494 e. The Labute approximate surface area is 132 Å². The summed E-state index contributed by atoms with van der Waals surface area (Å²) in [4.78, 5) is 34.8. The van der Waals surface area contributed by atoms with Crippen molar-refractivity contribution in [3.8, 4) is 5.75 Å². The van der Waals surface area contributed by atoms with E-state index in [9.17, 15) is 19.7 Å². The molecule has 1 aliphatic heterocycles. The Morgan fingerprint density at radius 1 is 1.39 bits per heavy atom. The van der Waals surface area contributed by atoms with Gasteiger partial charge in [-0.25, -0.2) is 4.79 Å². The molecule has 2 N–H and O–H groups in total. The van der Waals surface area contributed by atoms with Crippen molar-refractivity contribution >= 4 is 23.4 Å². The van der Waals surface area contributed by atoms with E-state index in [1.54, 1.807) is 0 Å². The highest BCUT2D eigenvalue weighted by Gasteiger charge is 2.27. The van der Waals surface area contributed by atoms with Crippen molar-refractivity contribution in [2.75, 3.05) is 25.5 Å². The topological polar surface area (TPSA) is 122 Å². The van der Waals surface area contributed by atoms with Crippen molar-refractivity contribution in [2.45, 2.75) is 12.8 Å². The van der Waals surface area contributed by atoms with Gasteiger partial charge in [-0.15, -0.1) is 0 Å². The lowest BCUT2D eigenvalue weighted by atomic mass is 9.97. The zero-order valence-corrected chi connectivity index (χ0v) is 12.5. The van der Waals surface area contributed by atoms with Crippen LogP contribution in [0.2, 0.25) is 0 Å². The Morgan fingerprint density at radius 2 is 2.04 bits per heavy atom. The highest BCUT2D eigenvalue weighted by molar-refractivity contribution is 5.91. The number of nitro groups is 1. The van der Waals surface area contributed by atoms with Crippen LogP contribution < -0.4 is 10.1 Å². The molecule has 1 aromatic rings. The summed E-state index contributed by atoms with van der Waals surface area (Å²) in [5, 5.41) is 22.3. The second-order valence-corrected chi connectivity index (χ2v) is 5.17. The number of carbonyl (C=O) groups is 2. The number of likely N-dealkylation sites (tertiary alicyclic amines) is 1. The number of benzene rings is 1. The zero-order chi connectivity index (χ0) is 17.0. The van der Waals surface area contributed by atoms with Crippen molar-refractivity contribution in [3.05, 3.63) is 28.3 Å². The Hall–Kier alpha value is -2.84. The van der Waals surface area contributed by atoms with Crippen LogP contribution in [0.25, 0.3) is 0 Å². The number of nitro benzene ring substituents is 1. The summed E-state index contributed by atoms with van der Waals surface area (Å²) in [6.45, 7) is 0.691. The molecular formula is C14H17N3O6. The Kier molecular flexibility index (Phi) is 4.99. The number of piperidine rings is 1. The summed E-state index contributed by atoms with van der Waals surface area (Å²) < 4.78 is 5.06. The monoisotopic (exact) mass is 323 g/mol. The molecule has 0 atom stereocenters. The smallest absolute Gasteiger partial charge is 0.321 e. The number of aliphatic carboxylic acids is 1. The molecule has 9 nitrogen and oxygen atoms in total. The van der Waals surface area contributed by atoms with Crippen LogP contribution in [0.1, 0.15) is 12.8 Å². The van der Waals surface area contributed by atoms with Gasteiger partial charge in [0.1, 0.15) is 5.75 Å². The standard InChI is InChI=1S/C14H17N3O6/c1-23-12-8-10(17(21)22)2-3-11(12)15-14(20)16-6-4-9(5-7-16)13(18)19/h2-3,8-9H,4-7H2,1H3,(H,15,20)(H,18,19). The molecule has 1 fully saturated rings. The van der Waals surface area contributed by atoms with Crippen LogP contribution in [0.5, 0.6) is 5.75 Å². The van der Waals surface area contributed by atoms with E-state index in [0.717, 1.165) is 0 Å². The minimum absolute atomic E-state index is 0.137. The first-order valence-corrected chi connectivity index (χ1v) is 7.03. The lowest BCUT2D eigenvalue weighted by Gasteiger charge is -2.30. The third-order valence-corrected chi connectivity index (χ3v) is 3.77. The fourth-order valence-electron chi connectivity index (χ4n) is 2.42. The van der Waals surface area contributed by atoms with E-state index in [2.05, 4.69) is 5.32 Å². The first-order chi connectivity index (χ1) is 10.9. The second-order valence-electron chi connectivity index (χ2n) is 5.17. The Balaban J connectivity index is 2.03. The van der Waals surface area contributed by atoms with Gasteiger partial charge in [0.05, 0.1) is 29.7 Å². The molecule has 0 unspecified atom stereocenters. The molecule has 0 saturated carbocycles. The second kappa shape index (κ2) is 6.95. The number of hydrogen-bond donors (Lipinski definition) is 2. The SMILES string of the molecule is COc1cc([N+](=O)[O-])ccc1NC(=O)N1CCC(C(=O)O)CC1. The number of nitrogens with one attached hydrogen (secondary N) is 1. The van der Waals surface area contributed by atoms with Crippen molar-refractivity contribution < 1.29 is 24.4 Å². The van der Waals surface area contributed by atoms with E-state index < -0.39 is 16.8 Å². The Bertz CT molecular complexity index is 625. The molecule has 0 aromatic heterocycles. The highest BCUT2D eigenvalue weighted by Crippen LogP contribution is 2.29. The number of methoxy groups -OCH3 is 1. The van der Waals surface area contributed by atoms with Gasteiger partial charge in [0.15, 0.2) is 0 Å². The molecule has 1 aliphatic rings. The van der Waals surface area contributed by atoms with Gasteiger partial charge in [-0.3, -0.25) is 14.9 Å². The number of carboxylic acids is 1. The quantitative estimate of drug-likeness (QED) is 0.645. The van der Waals surface area contributed by atoms with Crippen LogP contribution in [0, 0.1) is 16.0 Å². The third-order valence-electron chi connectivity index (χ3n) is 3.77. The van der Waals surface area contributed by atoms with Crippen LogP contribution in [0.4, 0.5) is 16.2 Å². The number of anilines is 1. The maximum Gasteiger partial charge on any atom is 0.321 e. The van der Waals surface area contributed by atoms with E-state index in [1.165, 1.54) is 30.2 Å². The molecule has 1 heterocycles. The predicted octanol–water partition coefficient (Wildman–Crippen LogP) is 1.93. The fourth-order valence-corrected chi connectivity index (χ4v) is 2.42. The molecule has 0 radical (unpaired) electrons. The van der Waals surface area contributed by atoms with Gasteiger partial charge < -0.3 is 20.1 Å². The molecule has 2 amide bonds. The lowest BCUT2D eigenvalue weighted by molar-refractivity contribution is -0.384. The fraction of sp³-hybridized carbons (Fsp3) is 0.429. The van der Waals surface area contributed by atoms with Crippen LogP contribution in [-0.2, 0) is 4.79 Å². The third kappa shape index (κ3) is 3.87. The van der Waals surface area contributed by atoms with Gasteiger partial charge in [-0.2, -0.15) is 0 Å². The van der Waals surface area contributed by atoms with Gasteiger partial charge in [0.2, 0.25) is 0 Å². The molecule has 2 rings (SSSR count). The molecule has 0 aliphatic carbocycles. The number of rotatable bonds is 4. The average molecular weight is 323 g/mol. The summed E-state index contributed by atoms with van der Waals surface area (Å²) in [5.41, 5.74) is 0.186. The lowest BCUT2D eigenvalue weighted by Crippen LogP contribution is -2.42. The highest BCUT2D eigenvalue weighted by atomic mass is 16.6. The van der Waals surface area contributed by atoms with Crippen LogP contribution in [-0.4, -0.2) is 47.1 Å². The molecule has 1 aromatic carbocycles. The van der Waals surface area contributed by atoms with Crippen molar-refractivity contribution in [1.82, 2.24) is 4.90 Å². The summed E-state index contributed by atoms with van der Waals surface area (Å²) in [5.74, 6) is -1.08. The number of hydrogen-bond acceptors (Lipinski definition) is 5. The van der Waals surface area contributed by atoms with Crippen LogP contribution >= 0.6 is 0 Å². The molecule has 23 heavy (non-hydrogen) atoms. The number of carboxylic acid groups (broad SMARTS) is 1. The molecule has 0 bridgehead atoms. The van der Waals surface area contributed by atoms with Crippen LogP contribution in [0.3, 0.4) is 0 Å². The van der Waals surface area contributed by atoms with E-state index in [-0.39, 0.29) is 17.5 Å². The van der Waals surface area contributed by atoms with Gasteiger partial charge in [0, 0.05) is 19.2 Å². The summed E-state index contributed by atoms with van der Waals surface area (Å²) >= 11 is 0. The van der Waals surface area contributed by atoms with E-state index in [1.807, 2.05) is 0 Å². The predicted molar refractivity (Wildman–Crippen MR) is 80.6 cm³/mol. The van der Waals surface area contributed by atoms with E-state index >= 15 is 0 Å². The first-order valence-electron chi connectivity index (χ1n) is 7.03. The number of carbonyl (C=O) groups excluding carboxylic acids is 1. The zero-order valence-electron chi connectivity index (χ0n) is 12.5. The average Bonchev–Trinajstić information content (AvgIpc) is 2.55. The van der Waals surface area contributed by atoms with Gasteiger partial charge in [-0.05, 0) is 18.9 Å². The molecular weight excluding hydrogens is 306 g/mol. The number of nitrogens with zero attached hydrogens (tertiary/aromatic N) is 2. The first kappa shape index (κ1) is 16.5. The maximum atomic E-state index is 12.2. The van der Waals surface area contributed by atoms with Gasteiger partial charge in [-0.1, -0.05) is 0 Å². The number of urea groups is 1. The van der Waals surface area contributed by atoms with Crippen molar-refractivity contribution in [1.29, 1.82) is 0 Å². The van der Waals surface area contributed by atoms with Crippen molar-refractivity contribution in [3.63, 3.8) is 0 Å². The summed E-state index contributed by atoms with van der Waals surface area (Å²) in [7, 11) is 1.35. The number of non-ortho nitro benzene ring substituents is 1. The van der Waals surface area contributed by atoms with Crippen LogP contribution in [0.15, 0.2) is 18.2 Å². The van der Waals surface area contributed by atoms with Crippen molar-refractivity contribution in [2.24, 2.45) is 5.92 Å². The molecule has 1 saturated heterocycles. The van der Waals surface area contributed by atoms with Gasteiger partial charge >= 0.3 is 12.0 Å². The van der Waals surface area contributed by atoms with E-state index in [0.29, 0.717) is 31.6 Å². The minimum Gasteiger partial charge on any atom is -0.494 e. The number of amides is 2. The molecule has 9 heteroatoms. The summed E-state index contributed by atoms with van der Waals surface area (Å²) in [6, 6.07) is 3.51. The maximum absolute atomic E-state index is 12.2. The normalized spacial score (nSPS) is 15.1. The summed E-state index contributed by atoms with van der Waals surface area (Å²) in [6.07, 6.45) is 0.806. The minimum atomic E-state index is -0.845. The van der Waals surface area contributed by atoms with Gasteiger partial charge in [0.25, 0.3) is 5.69 Å². The Morgan fingerprint density at radius 3 is 2.57 bits per heavy atom. The molecule has 0 spiro atoms. The molecule has 124 valence electrons. The van der Waals surface area contributed by atoms with E-state index in [4.69, 9.17) is 9.84 Å².